The Labute approximate surface area is 189 Å². The van der Waals surface area contributed by atoms with Crippen molar-refractivity contribution in [2.24, 2.45) is 0 Å². The summed E-state index contributed by atoms with van der Waals surface area (Å²) >= 11 is 7.60. The molecule has 1 unspecified atom stereocenters. The quantitative estimate of drug-likeness (QED) is 0.510. The third-order valence-electron chi connectivity index (χ3n) is 5.03. The molecule has 0 aliphatic carbocycles. The Morgan fingerprint density at radius 2 is 1.97 bits per heavy atom. The number of carbonyl (C=O) groups excluding carboxylic acids is 1. The summed E-state index contributed by atoms with van der Waals surface area (Å²) in [5, 5.41) is 8.92. The molecule has 0 saturated carbocycles. The zero-order valence-corrected chi connectivity index (χ0v) is 18.8. The zero-order chi connectivity index (χ0) is 21.8. The smallest absolute Gasteiger partial charge is 0.277 e. The lowest BCUT2D eigenvalue weighted by Crippen LogP contribution is -2.43. The molecule has 31 heavy (non-hydrogen) atoms. The molecule has 0 radical (unpaired) electrons. The van der Waals surface area contributed by atoms with E-state index in [9.17, 15) is 4.79 Å². The van der Waals surface area contributed by atoms with Crippen molar-refractivity contribution < 1.29 is 18.7 Å². The molecule has 1 aliphatic heterocycles. The van der Waals surface area contributed by atoms with Gasteiger partial charge >= 0.3 is 0 Å². The average molecular weight is 460 g/mol. The Morgan fingerprint density at radius 3 is 2.74 bits per heavy atom. The topological polar surface area (TPSA) is 77.7 Å². The Bertz CT molecular complexity index is 1070. The maximum absolute atomic E-state index is 13.0. The Kier molecular flexibility index (Phi) is 6.67. The summed E-state index contributed by atoms with van der Waals surface area (Å²) in [6, 6.07) is 13.0. The number of para-hydroxylation sites is 1. The molecular weight excluding hydrogens is 438 g/mol. The average Bonchev–Trinajstić information content (AvgIpc) is 3.22. The number of carbonyl (C=O) groups is 1. The van der Waals surface area contributed by atoms with Crippen LogP contribution in [0.5, 0.6) is 11.5 Å². The van der Waals surface area contributed by atoms with E-state index in [1.807, 2.05) is 36.4 Å². The minimum Gasteiger partial charge on any atom is -0.493 e. The van der Waals surface area contributed by atoms with Crippen molar-refractivity contribution in [2.75, 3.05) is 25.7 Å². The van der Waals surface area contributed by atoms with Gasteiger partial charge in [0.2, 0.25) is 11.8 Å². The molecule has 2 heterocycles. The summed E-state index contributed by atoms with van der Waals surface area (Å²) in [4.78, 5) is 14.8. The van der Waals surface area contributed by atoms with Gasteiger partial charge in [-0.2, -0.15) is 0 Å². The normalized spacial score (nSPS) is 16.4. The second-order valence-electron chi connectivity index (χ2n) is 7.02. The van der Waals surface area contributed by atoms with E-state index in [4.69, 9.17) is 25.5 Å². The number of aromatic nitrogens is 2. The number of hydrogen-bond donors (Lipinski definition) is 0. The van der Waals surface area contributed by atoms with Crippen molar-refractivity contribution in [3.05, 3.63) is 58.9 Å². The fraction of sp³-hybridized carbons (Fsp3) is 0.318. The summed E-state index contributed by atoms with van der Waals surface area (Å²) < 4.78 is 16.4. The Hall–Kier alpha value is -2.71. The maximum atomic E-state index is 13.0. The van der Waals surface area contributed by atoms with Crippen LogP contribution in [0.3, 0.4) is 0 Å². The number of halogens is 1. The molecule has 1 aliphatic rings. The van der Waals surface area contributed by atoms with Crippen LogP contribution in [-0.2, 0) is 11.2 Å². The second-order valence-corrected chi connectivity index (χ2v) is 8.58. The number of nitrogens with zero attached hydrogens (tertiary/aromatic N) is 3. The van der Waals surface area contributed by atoms with Gasteiger partial charge in [-0.15, -0.1) is 10.2 Å². The van der Waals surface area contributed by atoms with Gasteiger partial charge in [-0.1, -0.05) is 41.6 Å². The van der Waals surface area contributed by atoms with Crippen LogP contribution in [-0.4, -0.2) is 42.1 Å². The van der Waals surface area contributed by atoms with Crippen molar-refractivity contribution in [3.63, 3.8) is 0 Å². The fourth-order valence-corrected chi connectivity index (χ4v) is 4.73. The summed E-state index contributed by atoms with van der Waals surface area (Å²) in [5.41, 5.74) is 1.69. The van der Waals surface area contributed by atoms with Crippen molar-refractivity contribution in [2.45, 2.75) is 29.7 Å². The van der Waals surface area contributed by atoms with E-state index < -0.39 is 0 Å². The molecule has 4 rings (SSSR count). The van der Waals surface area contributed by atoms with E-state index in [-0.39, 0.29) is 11.2 Å². The van der Waals surface area contributed by atoms with E-state index in [1.54, 1.807) is 25.2 Å². The lowest BCUT2D eigenvalue weighted by atomic mass is 10.1. The predicted octanol–water partition coefficient (Wildman–Crippen LogP) is 4.62. The highest BCUT2D eigenvalue weighted by Gasteiger charge is 2.32. The first kappa shape index (κ1) is 21.5. The first-order chi connectivity index (χ1) is 15.1. The standard InChI is InChI=1S/C22H22ClN3O4S/c1-28-17-10-9-14(12-18(17)29-2)13-20-24-25-22(30-20)31-19-8-5-11-26(21(19)27)16-7-4-3-6-15(16)23/h3-4,6-7,9-10,12,19H,5,8,11,13H2,1-2H3. The van der Waals surface area contributed by atoms with Crippen LogP contribution in [0.2, 0.25) is 5.02 Å². The highest BCUT2D eigenvalue weighted by atomic mass is 35.5. The van der Waals surface area contributed by atoms with Gasteiger partial charge in [0.25, 0.3) is 5.22 Å². The molecule has 0 bridgehead atoms. The molecule has 0 spiro atoms. The van der Waals surface area contributed by atoms with Gasteiger partial charge in [-0.3, -0.25) is 4.79 Å². The number of thioether (sulfide) groups is 1. The largest absolute Gasteiger partial charge is 0.493 e. The molecule has 1 atom stereocenters. The number of methoxy groups -OCH3 is 2. The van der Waals surface area contributed by atoms with Crippen LogP contribution in [0.1, 0.15) is 24.3 Å². The minimum atomic E-state index is -0.292. The van der Waals surface area contributed by atoms with Gasteiger partial charge in [-0.05, 0) is 42.7 Å². The molecule has 1 aromatic heterocycles. The van der Waals surface area contributed by atoms with E-state index in [0.717, 1.165) is 24.1 Å². The summed E-state index contributed by atoms with van der Waals surface area (Å²) in [5.74, 6) is 1.78. The fourth-order valence-electron chi connectivity index (χ4n) is 3.51. The molecule has 3 aromatic rings. The molecule has 0 N–H and O–H groups in total. The number of amides is 1. The molecule has 162 valence electrons. The first-order valence-electron chi connectivity index (χ1n) is 9.85. The van der Waals surface area contributed by atoms with Crippen LogP contribution in [0.25, 0.3) is 0 Å². The summed E-state index contributed by atoms with van der Waals surface area (Å²) in [6.07, 6.45) is 2.08. The molecular formula is C22H22ClN3O4S. The van der Waals surface area contributed by atoms with Gasteiger partial charge in [-0.25, -0.2) is 0 Å². The highest BCUT2D eigenvalue weighted by Crippen LogP contribution is 2.35. The lowest BCUT2D eigenvalue weighted by molar-refractivity contribution is -0.119. The van der Waals surface area contributed by atoms with Crippen LogP contribution < -0.4 is 14.4 Å². The molecule has 1 saturated heterocycles. The second kappa shape index (κ2) is 9.62. The maximum Gasteiger partial charge on any atom is 0.277 e. The molecule has 7 nitrogen and oxygen atoms in total. The van der Waals surface area contributed by atoms with Crippen molar-refractivity contribution in [1.29, 1.82) is 0 Å². The zero-order valence-electron chi connectivity index (χ0n) is 17.2. The van der Waals surface area contributed by atoms with Crippen LogP contribution in [0, 0.1) is 0 Å². The number of hydrogen-bond acceptors (Lipinski definition) is 7. The van der Waals surface area contributed by atoms with Gasteiger partial charge in [0.15, 0.2) is 11.5 Å². The van der Waals surface area contributed by atoms with Gasteiger partial charge in [0, 0.05) is 6.54 Å². The monoisotopic (exact) mass is 459 g/mol. The highest BCUT2D eigenvalue weighted by molar-refractivity contribution is 8.00. The number of rotatable bonds is 7. The van der Waals surface area contributed by atoms with Crippen LogP contribution in [0.4, 0.5) is 5.69 Å². The Morgan fingerprint density at radius 1 is 1.16 bits per heavy atom. The first-order valence-corrected chi connectivity index (χ1v) is 11.1. The van der Waals surface area contributed by atoms with Crippen molar-refractivity contribution >= 4 is 35.0 Å². The Balaban J connectivity index is 1.44. The van der Waals surface area contributed by atoms with Gasteiger partial charge in [0.05, 0.1) is 36.6 Å². The van der Waals surface area contributed by atoms with E-state index in [1.165, 1.54) is 11.8 Å². The van der Waals surface area contributed by atoms with Crippen LogP contribution >= 0.6 is 23.4 Å². The molecule has 1 amide bonds. The van der Waals surface area contributed by atoms with Crippen molar-refractivity contribution in [3.8, 4) is 11.5 Å². The molecule has 1 fully saturated rings. The third kappa shape index (κ3) is 4.80. The minimum absolute atomic E-state index is 0.00370. The number of anilines is 1. The lowest BCUT2D eigenvalue weighted by Gasteiger charge is -2.31. The summed E-state index contributed by atoms with van der Waals surface area (Å²) in [7, 11) is 3.19. The van der Waals surface area contributed by atoms with Gasteiger partial charge < -0.3 is 18.8 Å². The van der Waals surface area contributed by atoms with Crippen molar-refractivity contribution in [1.82, 2.24) is 10.2 Å². The van der Waals surface area contributed by atoms with Gasteiger partial charge in [0.1, 0.15) is 0 Å². The predicted molar refractivity (Wildman–Crippen MR) is 119 cm³/mol. The SMILES string of the molecule is COc1ccc(Cc2nnc(SC3CCCN(c4ccccc4Cl)C3=O)o2)cc1OC. The van der Waals surface area contributed by atoms with E-state index in [0.29, 0.717) is 40.6 Å². The number of ether oxygens (including phenoxy) is 2. The summed E-state index contributed by atoms with van der Waals surface area (Å²) in [6.45, 7) is 0.647. The number of benzene rings is 2. The van der Waals surface area contributed by atoms with Crippen LogP contribution in [0.15, 0.2) is 52.1 Å². The molecule has 9 heteroatoms. The van der Waals surface area contributed by atoms with E-state index in [2.05, 4.69) is 10.2 Å². The van der Waals surface area contributed by atoms with E-state index >= 15 is 0 Å². The number of piperidine rings is 1. The molecule has 2 aromatic carbocycles. The third-order valence-corrected chi connectivity index (χ3v) is 6.44.